The molecule has 0 heterocycles. The summed E-state index contributed by atoms with van der Waals surface area (Å²) in [5.41, 5.74) is 9.77. The quantitative estimate of drug-likeness (QED) is 0.119. The van der Waals surface area contributed by atoms with E-state index in [1.54, 1.807) is 12.1 Å². The maximum absolute atomic E-state index is 7.05. The van der Waals surface area contributed by atoms with Crippen molar-refractivity contribution in [1.29, 1.82) is 0 Å². The second-order valence-corrected chi connectivity index (χ2v) is 10.8. The lowest BCUT2D eigenvalue weighted by Crippen LogP contribution is -1.99. The van der Waals surface area contributed by atoms with Gasteiger partial charge in [-0.1, -0.05) is 85.5 Å². The van der Waals surface area contributed by atoms with Crippen molar-refractivity contribution in [2.45, 2.75) is 78.9 Å². The van der Waals surface area contributed by atoms with Crippen LogP contribution in [0.3, 0.4) is 0 Å². The summed E-state index contributed by atoms with van der Waals surface area (Å²) in [6, 6.07) is 29.1. The number of nitrogens with zero attached hydrogens (tertiary/aromatic N) is 1. The SMILES string of the molecule is [C-]#[N+]c1ccc(OCc2ccc(CCCCCCCc3ccc(COc4ccc(C)cc4)c(C)c3)cc2C)cc1. The lowest BCUT2D eigenvalue weighted by molar-refractivity contribution is 0.305. The zero-order valence-electron chi connectivity index (χ0n) is 24.2. The molecular formula is C37H41NO2. The molecule has 0 N–H and O–H groups in total. The molecule has 0 unspecified atom stereocenters. The molecule has 0 fully saturated rings. The molecule has 4 aromatic rings. The molecule has 206 valence electrons. The van der Waals surface area contributed by atoms with E-state index in [9.17, 15) is 0 Å². The highest BCUT2D eigenvalue weighted by atomic mass is 16.5. The maximum atomic E-state index is 7.05. The molecule has 3 heteroatoms. The summed E-state index contributed by atoms with van der Waals surface area (Å²) in [6.45, 7) is 14.7. The molecular weight excluding hydrogens is 490 g/mol. The van der Waals surface area contributed by atoms with Gasteiger partial charge < -0.3 is 9.47 Å². The minimum absolute atomic E-state index is 0.549. The van der Waals surface area contributed by atoms with E-state index < -0.39 is 0 Å². The summed E-state index contributed by atoms with van der Waals surface area (Å²) in [6.07, 6.45) is 8.60. The Morgan fingerprint density at radius 3 is 1.45 bits per heavy atom. The summed E-state index contributed by atoms with van der Waals surface area (Å²) in [5.74, 6) is 1.72. The summed E-state index contributed by atoms with van der Waals surface area (Å²) >= 11 is 0. The molecule has 40 heavy (non-hydrogen) atoms. The molecule has 0 saturated heterocycles. The van der Waals surface area contributed by atoms with Crippen molar-refractivity contribution in [2.75, 3.05) is 0 Å². The minimum atomic E-state index is 0.549. The number of ether oxygens (including phenoxy) is 2. The average Bonchev–Trinajstić information content (AvgIpc) is 2.97. The molecule has 4 aromatic carbocycles. The Morgan fingerprint density at radius 2 is 1.00 bits per heavy atom. The summed E-state index contributed by atoms with van der Waals surface area (Å²) in [5, 5.41) is 0. The number of hydrogen-bond donors (Lipinski definition) is 0. The van der Waals surface area contributed by atoms with Crippen molar-refractivity contribution in [3.8, 4) is 11.5 Å². The van der Waals surface area contributed by atoms with E-state index in [0.717, 1.165) is 24.3 Å². The molecule has 0 amide bonds. The van der Waals surface area contributed by atoms with Crippen molar-refractivity contribution in [2.24, 2.45) is 0 Å². The van der Waals surface area contributed by atoms with Crippen LogP contribution in [0.2, 0.25) is 0 Å². The number of rotatable bonds is 14. The third-order valence-corrected chi connectivity index (χ3v) is 7.52. The van der Waals surface area contributed by atoms with E-state index >= 15 is 0 Å². The minimum Gasteiger partial charge on any atom is -0.489 e. The van der Waals surface area contributed by atoms with Gasteiger partial charge in [0.05, 0.1) is 6.57 Å². The third-order valence-electron chi connectivity index (χ3n) is 7.52. The second kappa shape index (κ2) is 14.9. The Labute approximate surface area is 240 Å². The second-order valence-electron chi connectivity index (χ2n) is 10.8. The highest BCUT2D eigenvalue weighted by molar-refractivity contribution is 5.47. The zero-order chi connectivity index (χ0) is 28.2. The van der Waals surface area contributed by atoms with Gasteiger partial charge in [0.25, 0.3) is 0 Å². The number of benzene rings is 4. The van der Waals surface area contributed by atoms with Gasteiger partial charge in [-0.15, -0.1) is 0 Å². The molecule has 0 atom stereocenters. The molecule has 0 spiro atoms. The Bertz CT molecular complexity index is 1400. The number of unbranched alkanes of at least 4 members (excludes halogenated alkanes) is 4. The fourth-order valence-electron chi connectivity index (χ4n) is 4.91. The number of aryl methyl sites for hydroxylation is 5. The Kier molecular flexibility index (Phi) is 10.8. The van der Waals surface area contributed by atoms with Gasteiger partial charge in [0, 0.05) is 0 Å². The van der Waals surface area contributed by atoms with Gasteiger partial charge in [-0.2, -0.15) is 0 Å². The van der Waals surface area contributed by atoms with E-state index in [-0.39, 0.29) is 0 Å². The fourth-order valence-corrected chi connectivity index (χ4v) is 4.91. The summed E-state index contributed by atoms with van der Waals surface area (Å²) in [4.78, 5) is 3.42. The van der Waals surface area contributed by atoms with E-state index in [4.69, 9.17) is 16.0 Å². The van der Waals surface area contributed by atoms with Crippen LogP contribution in [0.4, 0.5) is 5.69 Å². The van der Waals surface area contributed by atoms with Crippen LogP contribution < -0.4 is 9.47 Å². The van der Waals surface area contributed by atoms with Gasteiger partial charge in [0.2, 0.25) is 0 Å². The Morgan fingerprint density at radius 1 is 0.550 bits per heavy atom. The smallest absolute Gasteiger partial charge is 0.187 e. The normalized spacial score (nSPS) is 10.8. The molecule has 0 aromatic heterocycles. The van der Waals surface area contributed by atoms with E-state index in [0.29, 0.717) is 18.9 Å². The van der Waals surface area contributed by atoms with Gasteiger partial charge in [0.1, 0.15) is 24.7 Å². The van der Waals surface area contributed by atoms with Gasteiger partial charge >= 0.3 is 0 Å². The predicted molar refractivity (Wildman–Crippen MR) is 165 cm³/mol. The van der Waals surface area contributed by atoms with Crippen LogP contribution in [-0.4, -0.2) is 0 Å². The van der Waals surface area contributed by atoms with Crippen molar-refractivity contribution in [3.63, 3.8) is 0 Å². The molecule has 4 rings (SSSR count). The summed E-state index contributed by atoms with van der Waals surface area (Å²) in [7, 11) is 0. The van der Waals surface area contributed by atoms with Crippen molar-refractivity contribution >= 4 is 5.69 Å². The van der Waals surface area contributed by atoms with Crippen LogP contribution in [0.1, 0.15) is 71.0 Å². The van der Waals surface area contributed by atoms with Crippen molar-refractivity contribution in [1.82, 2.24) is 0 Å². The third kappa shape index (κ3) is 9.02. The van der Waals surface area contributed by atoms with Crippen LogP contribution >= 0.6 is 0 Å². The Hall–Kier alpha value is -4.03. The molecule has 0 saturated carbocycles. The Balaban J connectivity index is 1.10. The van der Waals surface area contributed by atoms with Crippen LogP contribution in [0.15, 0.2) is 84.9 Å². The molecule has 0 aliphatic heterocycles. The van der Waals surface area contributed by atoms with Gasteiger partial charge in [-0.05, 0) is 104 Å². The van der Waals surface area contributed by atoms with Crippen LogP contribution in [0.25, 0.3) is 4.85 Å². The van der Waals surface area contributed by atoms with Gasteiger partial charge in [-0.3, -0.25) is 0 Å². The lowest BCUT2D eigenvalue weighted by Gasteiger charge is -2.11. The summed E-state index contributed by atoms with van der Waals surface area (Å²) < 4.78 is 11.9. The molecule has 0 aliphatic rings. The first-order chi connectivity index (χ1) is 19.5. The molecule has 0 bridgehead atoms. The van der Waals surface area contributed by atoms with Gasteiger partial charge in [0.15, 0.2) is 5.69 Å². The first-order valence-electron chi connectivity index (χ1n) is 14.5. The highest BCUT2D eigenvalue weighted by Gasteiger charge is 2.05. The monoisotopic (exact) mass is 531 g/mol. The molecule has 0 aliphatic carbocycles. The first-order valence-corrected chi connectivity index (χ1v) is 14.5. The average molecular weight is 532 g/mol. The fraction of sp³-hybridized carbons (Fsp3) is 0.324. The predicted octanol–water partition coefficient (Wildman–Crippen LogP) is 10.1. The first kappa shape index (κ1) is 29.0. The standard InChI is InChI=1S/C37H41NO2/c1-28-12-20-36(21-13-28)39-26-33-16-14-31(24-29(33)2)10-8-6-5-7-9-11-32-15-17-34(30(3)25-32)27-40-37-22-18-35(38-4)19-23-37/h12-25H,5-11,26-27H2,1-3H3. The number of hydrogen-bond acceptors (Lipinski definition) is 2. The molecule has 0 radical (unpaired) electrons. The van der Waals surface area contributed by atoms with E-state index in [2.05, 4.69) is 74.1 Å². The van der Waals surface area contributed by atoms with E-state index in [1.807, 2.05) is 24.3 Å². The van der Waals surface area contributed by atoms with Crippen LogP contribution in [0, 0.1) is 27.3 Å². The van der Waals surface area contributed by atoms with Gasteiger partial charge in [-0.25, -0.2) is 4.85 Å². The van der Waals surface area contributed by atoms with Crippen LogP contribution in [0.5, 0.6) is 11.5 Å². The van der Waals surface area contributed by atoms with Crippen molar-refractivity contribution in [3.05, 3.63) is 135 Å². The topological polar surface area (TPSA) is 22.8 Å². The highest BCUT2D eigenvalue weighted by Crippen LogP contribution is 2.21. The van der Waals surface area contributed by atoms with E-state index in [1.165, 1.54) is 71.0 Å². The van der Waals surface area contributed by atoms with Crippen molar-refractivity contribution < 1.29 is 9.47 Å². The maximum Gasteiger partial charge on any atom is 0.187 e. The lowest BCUT2D eigenvalue weighted by atomic mass is 9.99. The zero-order valence-corrected chi connectivity index (χ0v) is 24.2. The largest absolute Gasteiger partial charge is 0.489 e. The molecule has 3 nitrogen and oxygen atoms in total. The van der Waals surface area contributed by atoms with Crippen LogP contribution in [-0.2, 0) is 26.1 Å².